The molecule has 4 nitrogen and oxygen atoms in total. The standard InChI is InChI=1S/C13H19N3O/c1-4-16(5-2)6-7-17-13-9-12(10-14)8-11(3)15-13/h8-9H,4-7H2,1-3H3. The average molecular weight is 233 g/mol. The monoisotopic (exact) mass is 233 g/mol. The predicted octanol–water partition coefficient (Wildman–Crippen LogP) is 1.98. The second kappa shape index (κ2) is 6.87. The van der Waals surface area contributed by atoms with Crippen molar-refractivity contribution < 1.29 is 4.74 Å². The third-order valence-electron chi connectivity index (χ3n) is 2.61. The van der Waals surface area contributed by atoms with Crippen molar-refractivity contribution in [3.05, 3.63) is 23.4 Å². The zero-order valence-corrected chi connectivity index (χ0v) is 10.7. The van der Waals surface area contributed by atoms with Gasteiger partial charge in [0.05, 0.1) is 11.6 Å². The first-order valence-corrected chi connectivity index (χ1v) is 5.93. The number of pyridine rings is 1. The molecule has 1 aromatic heterocycles. The molecule has 0 saturated carbocycles. The fraction of sp³-hybridized carbons (Fsp3) is 0.538. The van der Waals surface area contributed by atoms with E-state index in [0.717, 1.165) is 25.3 Å². The number of aromatic nitrogens is 1. The Morgan fingerprint density at radius 1 is 1.35 bits per heavy atom. The Labute approximate surface area is 103 Å². The molecule has 0 fully saturated rings. The number of likely N-dealkylation sites (N-methyl/N-ethyl adjacent to an activating group) is 1. The lowest BCUT2D eigenvalue weighted by Gasteiger charge is -2.17. The van der Waals surface area contributed by atoms with Gasteiger partial charge >= 0.3 is 0 Å². The topological polar surface area (TPSA) is 49.1 Å². The van der Waals surface area contributed by atoms with Gasteiger partial charge in [0.25, 0.3) is 0 Å². The number of aryl methyl sites for hydroxylation is 1. The first-order chi connectivity index (χ1) is 8.19. The summed E-state index contributed by atoms with van der Waals surface area (Å²) in [6.45, 7) is 9.63. The Bertz CT molecular complexity index is 394. The molecule has 0 aliphatic heterocycles. The molecule has 0 aromatic carbocycles. The zero-order chi connectivity index (χ0) is 12.7. The van der Waals surface area contributed by atoms with Crippen molar-refractivity contribution in [1.82, 2.24) is 9.88 Å². The molecule has 0 aliphatic carbocycles. The minimum atomic E-state index is 0.536. The highest BCUT2D eigenvalue weighted by Gasteiger charge is 2.02. The maximum atomic E-state index is 8.83. The fourth-order valence-electron chi connectivity index (χ4n) is 1.60. The average Bonchev–Trinajstić information content (AvgIpc) is 2.34. The Kier molecular flexibility index (Phi) is 5.44. The molecular formula is C13H19N3O. The maximum absolute atomic E-state index is 8.83. The fourth-order valence-corrected chi connectivity index (χ4v) is 1.60. The number of nitriles is 1. The zero-order valence-electron chi connectivity index (χ0n) is 10.7. The van der Waals surface area contributed by atoms with Crippen LogP contribution in [0.25, 0.3) is 0 Å². The van der Waals surface area contributed by atoms with Crippen LogP contribution in [0.3, 0.4) is 0 Å². The molecule has 0 bridgehead atoms. The van der Waals surface area contributed by atoms with Crippen LogP contribution in [0.4, 0.5) is 0 Å². The van der Waals surface area contributed by atoms with Gasteiger partial charge in [0, 0.05) is 18.3 Å². The lowest BCUT2D eigenvalue weighted by Crippen LogP contribution is -2.28. The number of rotatable bonds is 6. The highest BCUT2D eigenvalue weighted by molar-refractivity contribution is 5.34. The molecule has 92 valence electrons. The summed E-state index contributed by atoms with van der Waals surface area (Å²) in [4.78, 5) is 6.52. The van der Waals surface area contributed by atoms with Crippen LogP contribution < -0.4 is 4.74 Å². The Morgan fingerprint density at radius 3 is 2.65 bits per heavy atom. The van der Waals surface area contributed by atoms with Gasteiger partial charge < -0.3 is 9.64 Å². The second-order valence-electron chi connectivity index (χ2n) is 3.82. The van der Waals surface area contributed by atoms with Crippen LogP contribution in [0.2, 0.25) is 0 Å². The molecule has 1 aromatic rings. The quantitative estimate of drug-likeness (QED) is 0.754. The Hall–Kier alpha value is -1.60. The van der Waals surface area contributed by atoms with Gasteiger partial charge in [-0.15, -0.1) is 0 Å². The maximum Gasteiger partial charge on any atom is 0.214 e. The second-order valence-corrected chi connectivity index (χ2v) is 3.82. The van der Waals surface area contributed by atoms with Crippen molar-refractivity contribution in [3.8, 4) is 11.9 Å². The first kappa shape index (κ1) is 13.5. The van der Waals surface area contributed by atoms with E-state index < -0.39 is 0 Å². The van der Waals surface area contributed by atoms with E-state index in [1.807, 2.05) is 6.92 Å². The Morgan fingerprint density at radius 2 is 2.06 bits per heavy atom. The van der Waals surface area contributed by atoms with E-state index in [9.17, 15) is 0 Å². The van der Waals surface area contributed by atoms with Crippen LogP contribution in [0.5, 0.6) is 5.88 Å². The Balaban J connectivity index is 2.52. The van der Waals surface area contributed by atoms with E-state index in [0.29, 0.717) is 18.1 Å². The van der Waals surface area contributed by atoms with Gasteiger partial charge in [-0.05, 0) is 26.1 Å². The van der Waals surface area contributed by atoms with Crippen molar-refractivity contribution in [1.29, 1.82) is 5.26 Å². The van der Waals surface area contributed by atoms with E-state index in [-0.39, 0.29) is 0 Å². The molecule has 1 heterocycles. The van der Waals surface area contributed by atoms with Crippen molar-refractivity contribution in [2.75, 3.05) is 26.2 Å². The van der Waals surface area contributed by atoms with Crippen LogP contribution in [0.1, 0.15) is 25.1 Å². The van der Waals surface area contributed by atoms with Crippen LogP contribution in [-0.2, 0) is 0 Å². The smallest absolute Gasteiger partial charge is 0.214 e. The molecule has 0 radical (unpaired) electrons. The summed E-state index contributed by atoms with van der Waals surface area (Å²) in [6.07, 6.45) is 0. The van der Waals surface area contributed by atoms with E-state index >= 15 is 0 Å². The summed E-state index contributed by atoms with van der Waals surface area (Å²) in [7, 11) is 0. The summed E-state index contributed by atoms with van der Waals surface area (Å²) < 4.78 is 5.56. The summed E-state index contributed by atoms with van der Waals surface area (Å²) in [5.74, 6) is 0.536. The molecule has 4 heteroatoms. The molecule has 17 heavy (non-hydrogen) atoms. The summed E-state index contributed by atoms with van der Waals surface area (Å²) >= 11 is 0. The highest BCUT2D eigenvalue weighted by atomic mass is 16.5. The van der Waals surface area contributed by atoms with E-state index in [1.165, 1.54) is 0 Å². The lowest BCUT2D eigenvalue weighted by molar-refractivity contribution is 0.217. The number of nitrogens with zero attached hydrogens (tertiary/aromatic N) is 3. The molecular weight excluding hydrogens is 214 g/mol. The van der Waals surface area contributed by atoms with Crippen molar-refractivity contribution >= 4 is 0 Å². The van der Waals surface area contributed by atoms with Gasteiger partial charge in [-0.3, -0.25) is 0 Å². The third-order valence-corrected chi connectivity index (χ3v) is 2.61. The minimum Gasteiger partial charge on any atom is -0.476 e. The molecule has 0 aliphatic rings. The van der Waals surface area contributed by atoms with Gasteiger partial charge in [-0.25, -0.2) is 4.98 Å². The van der Waals surface area contributed by atoms with Gasteiger partial charge in [0.15, 0.2) is 0 Å². The number of ether oxygens (including phenoxy) is 1. The van der Waals surface area contributed by atoms with Crippen LogP contribution in [-0.4, -0.2) is 36.1 Å². The summed E-state index contributed by atoms with van der Waals surface area (Å²) in [5.41, 5.74) is 1.40. The van der Waals surface area contributed by atoms with Crippen LogP contribution >= 0.6 is 0 Å². The van der Waals surface area contributed by atoms with Gasteiger partial charge in [0.1, 0.15) is 6.61 Å². The highest BCUT2D eigenvalue weighted by Crippen LogP contribution is 2.11. The van der Waals surface area contributed by atoms with E-state index in [4.69, 9.17) is 10.00 Å². The normalized spacial score (nSPS) is 10.3. The number of hydrogen-bond donors (Lipinski definition) is 0. The number of hydrogen-bond acceptors (Lipinski definition) is 4. The summed E-state index contributed by atoms with van der Waals surface area (Å²) in [5, 5.41) is 8.83. The molecule has 0 unspecified atom stereocenters. The van der Waals surface area contributed by atoms with E-state index in [1.54, 1.807) is 12.1 Å². The first-order valence-electron chi connectivity index (χ1n) is 5.93. The van der Waals surface area contributed by atoms with Crippen LogP contribution in [0, 0.1) is 18.3 Å². The summed E-state index contributed by atoms with van der Waals surface area (Å²) in [6, 6.07) is 5.52. The molecule has 0 spiro atoms. The van der Waals surface area contributed by atoms with Crippen LogP contribution in [0.15, 0.2) is 12.1 Å². The third kappa shape index (κ3) is 4.41. The SMILES string of the molecule is CCN(CC)CCOc1cc(C#N)cc(C)n1. The van der Waals surface area contributed by atoms with Crippen molar-refractivity contribution in [2.45, 2.75) is 20.8 Å². The van der Waals surface area contributed by atoms with Crippen molar-refractivity contribution in [3.63, 3.8) is 0 Å². The van der Waals surface area contributed by atoms with Crippen molar-refractivity contribution in [2.24, 2.45) is 0 Å². The molecule has 0 saturated heterocycles. The molecule has 1 rings (SSSR count). The molecule has 0 N–H and O–H groups in total. The van der Waals surface area contributed by atoms with Gasteiger partial charge in [-0.1, -0.05) is 13.8 Å². The van der Waals surface area contributed by atoms with E-state index in [2.05, 4.69) is 29.8 Å². The lowest BCUT2D eigenvalue weighted by atomic mass is 10.2. The molecule has 0 amide bonds. The van der Waals surface area contributed by atoms with Gasteiger partial charge in [0.2, 0.25) is 5.88 Å². The minimum absolute atomic E-state index is 0.536. The molecule has 0 atom stereocenters. The predicted molar refractivity (Wildman–Crippen MR) is 67.0 cm³/mol. The van der Waals surface area contributed by atoms with Gasteiger partial charge in [-0.2, -0.15) is 5.26 Å². The largest absolute Gasteiger partial charge is 0.476 e.